The van der Waals surface area contributed by atoms with E-state index in [0.29, 0.717) is 25.0 Å². The van der Waals surface area contributed by atoms with Gasteiger partial charge >= 0.3 is 0 Å². The summed E-state index contributed by atoms with van der Waals surface area (Å²) in [5, 5.41) is 3.32. The van der Waals surface area contributed by atoms with Crippen LogP contribution in [0.15, 0.2) is 0 Å². The Hall–Kier alpha value is -0.610. The molecule has 0 saturated carbocycles. The lowest BCUT2D eigenvalue weighted by atomic mass is 9.94. The van der Waals surface area contributed by atoms with E-state index in [1.165, 1.54) is 0 Å². The molecule has 2 atom stereocenters. The minimum atomic E-state index is 0.283. The highest BCUT2D eigenvalue weighted by atomic mass is 16.5. The predicted octanol–water partition coefficient (Wildman–Crippen LogP) is 1.26. The number of carbonyl (C=O) groups excluding carboxylic acids is 1. The van der Waals surface area contributed by atoms with Crippen molar-refractivity contribution in [1.82, 2.24) is 10.2 Å². The lowest BCUT2D eigenvalue weighted by molar-refractivity contribution is -0.133. The van der Waals surface area contributed by atoms with Gasteiger partial charge in [-0.1, -0.05) is 6.92 Å². The molecule has 2 unspecified atom stereocenters. The molecule has 0 aliphatic carbocycles. The smallest absolute Gasteiger partial charge is 0.222 e. The van der Waals surface area contributed by atoms with Crippen molar-refractivity contribution >= 4 is 5.91 Å². The zero-order valence-electron chi connectivity index (χ0n) is 11.4. The van der Waals surface area contributed by atoms with Crippen LogP contribution in [-0.2, 0) is 9.53 Å². The number of ether oxygens (including phenoxy) is 1. The fourth-order valence-corrected chi connectivity index (χ4v) is 2.43. The molecule has 0 aromatic rings. The summed E-state index contributed by atoms with van der Waals surface area (Å²) >= 11 is 0. The fourth-order valence-electron chi connectivity index (χ4n) is 2.43. The molecule has 0 spiro atoms. The number of amides is 1. The van der Waals surface area contributed by atoms with Crippen LogP contribution < -0.4 is 5.32 Å². The molecule has 0 aromatic heterocycles. The summed E-state index contributed by atoms with van der Waals surface area (Å²) < 4.78 is 5.25. The van der Waals surface area contributed by atoms with E-state index in [2.05, 4.69) is 12.2 Å². The van der Waals surface area contributed by atoms with Gasteiger partial charge in [0.15, 0.2) is 0 Å². The van der Waals surface area contributed by atoms with Gasteiger partial charge in [-0.05, 0) is 32.7 Å². The van der Waals surface area contributed by atoms with Crippen molar-refractivity contribution in [2.75, 3.05) is 33.4 Å². The maximum absolute atomic E-state index is 12.0. The molecule has 1 rings (SSSR count). The number of hydrogen-bond acceptors (Lipinski definition) is 3. The molecule has 17 heavy (non-hydrogen) atoms. The molecular weight excluding hydrogens is 216 g/mol. The number of nitrogens with zero attached hydrogens (tertiary/aromatic N) is 1. The molecule has 4 nitrogen and oxygen atoms in total. The van der Waals surface area contributed by atoms with Crippen molar-refractivity contribution in [1.29, 1.82) is 0 Å². The van der Waals surface area contributed by atoms with Gasteiger partial charge in [0.2, 0.25) is 5.91 Å². The van der Waals surface area contributed by atoms with E-state index in [-0.39, 0.29) is 5.91 Å². The Balaban J connectivity index is 2.24. The van der Waals surface area contributed by atoms with E-state index in [4.69, 9.17) is 4.74 Å². The first-order valence-corrected chi connectivity index (χ1v) is 6.71. The number of likely N-dealkylation sites (tertiary alicyclic amines) is 1. The van der Waals surface area contributed by atoms with Crippen molar-refractivity contribution in [3.05, 3.63) is 0 Å². The van der Waals surface area contributed by atoms with Crippen LogP contribution in [0.25, 0.3) is 0 Å². The monoisotopic (exact) mass is 242 g/mol. The zero-order chi connectivity index (χ0) is 12.7. The average molecular weight is 242 g/mol. The first kappa shape index (κ1) is 14.5. The number of nitrogens with one attached hydrogen (secondary N) is 1. The molecule has 1 N–H and O–H groups in total. The first-order chi connectivity index (χ1) is 8.19. The second-order valence-corrected chi connectivity index (χ2v) is 4.80. The van der Waals surface area contributed by atoms with Crippen molar-refractivity contribution in [3.8, 4) is 0 Å². The maximum atomic E-state index is 12.0. The van der Waals surface area contributed by atoms with Gasteiger partial charge in [-0.3, -0.25) is 4.79 Å². The molecule has 1 fully saturated rings. The van der Waals surface area contributed by atoms with Crippen LogP contribution in [0.1, 0.15) is 33.1 Å². The summed E-state index contributed by atoms with van der Waals surface area (Å²) in [7, 11) is 2.00. The Morgan fingerprint density at radius 3 is 2.88 bits per heavy atom. The Morgan fingerprint density at radius 1 is 1.53 bits per heavy atom. The molecule has 0 aromatic carbocycles. The zero-order valence-corrected chi connectivity index (χ0v) is 11.4. The molecule has 1 heterocycles. The number of carbonyl (C=O) groups is 1. The molecular formula is C13H26N2O2. The van der Waals surface area contributed by atoms with Crippen LogP contribution in [0.5, 0.6) is 0 Å². The predicted molar refractivity (Wildman–Crippen MR) is 68.9 cm³/mol. The molecule has 0 radical (unpaired) electrons. The van der Waals surface area contributed by atoms with Crippen molar-refractivity contribution in [2.45, 2.75) is 39.2 Å². The van der Waals surface area contributed by atoms with Gasteiger partial charge in [0.1, 0.15) is 0 Å². The molecule has 1 amide bonds. The van der Waals surface area contributed by atoms with E-state index in [9.17, 15) is 4.79 Å². The van der Waals surface area contributed by atoms with Crippen LogP contribution in [0, 0.1) is 5.92 Å². The van der Waals surface area contributed by atoms with Crippen LogP contribution >= 0.6 is 0 Å². The molecule has 100 valence electrons. The van der Waals surface area contributed by atoms with E-state index in [0.717, 1.165) is 32.5 Å². The highest BCUT2D eigenvalue weighted by molar-refractivity contribution is 5.76. The fraction of sp³-hybridized carbons (Fsp3) is 0.923. The van der Waals surface area contributed by atoms with Gasteiger partial charge in [-0.25, -0.2) is 0 Å². The molecule has 0 bridgehead atoms. The highest BCUT2D eigenvalue weighted by Gasteiger charge is 2.26. The second kappa shape index (κ2) is 7.67. The third kappa shape index (κ3) is 4.64. The lowest BCUT2D eigenvalue weighted by Gasteiger charge is -2.36. The van der Waals surface area contributed by atoms with Gasteiger partial charge in [-0.2, -0.15) is 0 Å². The van der Waals surface area contributed by atoms with Gasteiger partial charge in [0, 0.05) is 38.8 Å². The summed E-state index contributed by atoms with van der Waals surface area (Å²) in [4.78, 5) is 14.0. The van der Waals surface area contributed by atoms with Crippen LogP contribution in [0.2, 0.25) is 0 Å². The van der Waals surface area contributed by atoms with E-state index in [1.54, 1.807) is 0 Å². The van der Waals surface area contributed by atoms with Gasteiger partial charge < -0.3 is 15.0 Å². The van der Waals surface area contributed by atoms with Crippen LogP contribution in [-0.4, -0.2) is 50.2 Å². The van der Waals surface area contributed by atoms with E-state index >= 15 is 0 Å². The topological polar surface area (TPSA) is 41.6 Å². The Labute approximate surface area is 105 Å². The quantitative estimate of drug-likeness (QED) is 0.713. The minimum Gasteiger partial charge on any atom is -0.382 e. The third-order valence-corrected chi connectivity index (χ3v) is 3.51. The third-order valence-electron chi connectivity index (χ3n) is 3.51. The van der Waals surface area contributed by atoms with Crippen LogP contribution in [0.4, 0.5) is 0 Å². The summed E-state index contributed by atoms with van der Waals surface area (Å²) in [6.45, 7) is 7.40. The summed E-state index contributed by atoms with van der Waals surface area (Å²) in [6, 6.07) is 0.558. The summed E-state index contributed by atoms with van der Waals surface area (Å²) in [5.74, 6) is 0.829. The van der Waals surface area contributed by atoms with Crippen molar-refractivity contribution in [3.63, 3.8) is 0 Å². The number of piperidine rings is 1. The molecule has 1 aliphatic heterocycles. The second-order valence-electron chi connectivity index (χ2n) is 4.80. The van der Waals surface area contributed by atoms with Crippen LogP contribution in [0.3, 0.4) is 0 Å². The van der Waals surface area contributed by atoms with E-state index < -0.39 is 0 Å². The maximum Gasteiger partial charge on any atom is 0.222 e. The molecule has 4 heteroatoms. The Kier molecular flexibility index (Phi) is 6.52. The van der Waals surface area contributed by atoms with Gasteiger partial charge in [-0.15, -0.1) is 0 Å². The normalized spacial score (nSPS) is 25.0. The largest absolute Gasteiger partial charge is 0.382 e. The standard InChI is InChI=1S/C13H26N2O2/c1-4-17-9-5-6-13(16)15-8-7-12(14-3)11(2)10-15/h11-12,14H,4-10H2,1-3H3. The van der Waals surface area contributed by atoms with Gasteiger partial charge in [0.25, 0.3) is 0 Å². The highest BCUT2D eigenvalue weighted by Crippen LogP contribution is 2.17. The van der Waals surface area contributed by atoms with E-state index in [1.807, 2.05) is 18.9 Å². The number of hydrogen-bond donors (Lipinski definition) is 1. The first-order valence-electron chi connectivity index (χ1n) is 6.71. The van der Waals surface area contributed by atoms with Crippen molar-refractivity contribution in [2.24, 2.45) is 5.92 Å². The molecule has 1 aliphatic rings. The number of rotatable bonds is 6. The Morgan fingerprint density at radius 2 is 2.29 bits per heavy atom. The Bertz CT molecular complexity index is 233. The summed E-state index contributed by atoms with van der Waals surface area (Å²) in [5.41, 5.74) is 0. The minimum absolute atomic E-state index is 0.283. The van der Waals surface area contributed by atoms with Crippen molar-refractivity contribution < 1.29 is 9.53 Å². The van der Waals surface area contributed by atoms with Gasteiger partial charge in [0.05, 0.1) is 0 Å². The summed E-state index contributed by atoms with van der Waals surface area (Å²) in [6.07, 6.45) is 2.53. The average Bonchev–Trinajstić information content (AvgIpc) is 2.34. The SMILES string of the molecule is CCOCCCC(=O)N1CCC(NC)C(C)C1. The molecule has 1 saturated heterocycles. The lowest BCUT2D eigenvalue weighted by Crippen LogP contribution is -2.49.